The van der Waals surface area contributed by atoms with Crippen molar-refractivity contribution >= 4 is 5.97 Å². The molecule has 2 unspecified atom stereocenters. The number of carboxylic acid groups (broad SMARTS) is 1. The predicted octanol–water partition coefficient (Wildman–Crippen LogP) is 5.08. The van der Waals surface area contributed by atoms with E-state index >= 15 is 0 Å². The Morgan fingerprint density at radius 3 is 2.60 bits per heavy atom. The van der Waals surface area contributed by atoms with Crippen molar-refractivity contribution in [3.8, 4) is 17.0 Å². The van der Waals surface area contributed by atoms with Crippen molar-refractivity contribution < 1.29 is 27.8 Å². The molecule has 0 saturated heterocycles. The van der Waals surface area contributed by atoms with Gasteiger partial charge in [-0.2, -0.15) is 13.2 Å². The summed E-state index contributed by atoms with van der Waals surface area (Å²) in [4.78, 5) is 19.9. The number of carbonyl (C=O) groups is 1. The fourth-order valence-electron chi connectivity index (χ4n) is 4.12. The lowest BCUT2D eigenvalue weighted by Crippen LogP contribution is -2.29. The van der Waals surface area contributed by atoms with Gasteiger partial charge in [-0.1, -0.05) is 6.07 Å². The van der Waals surface area contributed by atoms with Crippen molar-refractivity contribution in [3.63, 3.8) is 0 Å². The van der Waals surface area contributed by atoms with Crippen LogP contribution in [0.5, 0.6) is 5.75 Å². The number of alkyl halides is 3. The summed E-state index contributed by atoms with van der Waals surface area (Å²) in [5.74, 6) is -1.75. The average Bonchev–Trinajstić information content (AvgIpc) is 3.54. The third-order valence-corrected chi connectivity index (χ3v) is 6.06. The molecule has 2 aromatic heterocycles. The summed E-state index contributed by atoms with van der Waals surface area (Å²) in [5, 5.41) is 9.12. The number of nitrogens with zero attached hydrogens (tertiary/aromatic N) is 2. The van der Waals surface area contributed by atoms with Crippen LogP contribution < -0.4 is 4.74 Å². The molecule has 2 aromatic rings. The number of pyridine rings is 2. The fourth-order valence-corrected chi connectivity index (χ4v) is 4.12. The van der Waals surface area contributed by atoms with E-state index in [0.29, 0.717) is 37.3 Å². The molecule has 2 aliphatic carbocycles. The first-order chi connectivity index (χ1) is 14.3. The van der Waals surface area contributed by atoms with Gasteiger partial charge in [-0.3, -0.25) is 14.8 Å². The SMILES string of the molecule is O=C(O)C1CC1c1cccc(-c2cncc(OCC3CCC(C(F)(F)F)CC3)c2)n1. The van der Waals surface area contributed by atoms with Crippen LogP contribution in [0.2, 0.25) is 0 Å². The lowest BCUT2D eigenvalue weighted by Gasteiger charge is -2.29. The van der Waals surface area contributed by atoms with Crippen LogP contribution in [0.3, 0.4) is 0 Å². The van der Waals surface area contributed by atoms with E-state index in [1.165, 1.54) is 0 Å². The maximum atomic E-state index is 12.8. The van der Waals surface area contributed by atoms with Crippen LogP contribution in [0.25, 0.3) is 11.3 Å². The smallest absolute Gasteiger partial charge is 0.391 e. The van der Waals surface area contributed by atoms with Crippen molar-refractivity contribution in [1.82, 2.24) is 9.97 Å². The molecule has 4 rings (SSSR count). The molecule has 0 spiro atoms. The quantitative estimate of drug-likeness (QED) is 0.706. The minimum Gasteiger partial charge on any atom is -0.492 e. The molecular weight excluding hydrogens is 397 g/mol. The van der Waals surface area contributed by atoms with Gasteiger partial charge in [0.25, 0.3) is 0 Å². The van der Waals surface area contributed by atoms with Crippen LogP contribution in [0.1, 0.15) is 43.7 Å². The van der Waals surface area contributed by atoms with Crippen LogP contribution >= 0.6 is 0 Å². The first-order valence-corrected chi connectivity index (χ1v) is 10.2. The van der Waals surface area contributed by atoms with Gasteiger partial charge in [0, 0.05) is 23.4 Å². The van der Waals surface area contributed by atoms with Crippen LogP contribution in [0, 0.1) is 17.8 Å². The molecule has 2 atom stereocenters. The molecule has 0 amide bonds. The Bertz CT molecular complexity index is 910. The third-order valence-electron chi connectivity index (χ3n) is 6.06. The van der Waals surface area contributed by atoms with E-state index in [0.717, 1.165) is 11.3 Å². The molecule has 0 bridgehead atoms. The molecule has 2 heterocycles. The van der Waals surface area contributed by atoms with Crippen molar-refractivity contribution in [1.29, 1.82) is 0 Å². The first-order valence-electron chi connectivity index (χ1n) is 10.2. The Morgan fingerprint density at radius 1 is 1.17 bits per heavy atom. The molecule has 160 valence electrons. The highest BCUT2D eigenvalue weighted by molar-refractivity contribution is 5.75. The monoisotopic (exact) mass is 420 g/mol. The highest BCUT2D eigenvalue weighted by Crippen LogP contribution is 2.47. The molecule has 5 nitrogen and oxygen atoms in total. The summed E-state index contributed by atoms with van der Waals surface area (Å²) in [6.45, 7) is 0.367. The number of ether oxygens (including phenoxy) is 1. The number of halogens is 3. The second kappa shape index (κ2) is 8.24. The number of aliphatic carboxylic acids is 1. The highest BCUT2D eigenvalue weighted by Gasteiger charge is 2.45. The molecule has 8 heteroatoms. The first kappa shape index (κ1) is 20.6. The van der Waals surface area contributed by atoms with Gasteiger partial charge in [-0.15, -0.1) is 0 Å². The molecule has 1 N–H and O–H groups in total. The van der Waals surface area contributed by atoms with Gasteiger partial charge in [0.2, 0.25) is 0 Å². The lowest BCUT2D eigenvalue weighted by molar-refractivity contribution is -0.184. The van der Waals surface area contributed by atoms with Gasteiger partial charge >= 0.3 is 12.1 Å². The lowest BCUT2D eigenvalue weighted by atomic mass is 9.82. The highest BCUT2D eigenvalue weighted by atomic mass is 19.4. The van der Waals surface area contributed by atoms with E-state index < -0.39 is 18.1 Å². The van der Waals surface area contributed by atoms with Crippen molar-refractivity contribution in [2.45, 2.75) is 44.2 Å². The van der Waals surface area contributed by atoms with Crippen LogP contribution in [-0.2, 0) is 4.79 Å². The minimum absolute atomic E-state index is 0.0540. The Hall–Kier alpha value is -2.64. The van der Waals surface area contributed by atoms with Gasteiger partial charge in [0.05, 0.1) is 30.3 Å². The Kier molecular flexibility index (Phi) is 5.66. The molecular formula is C22H23F3N2O3. The Labute approximate surface area is 172 Å². The Balaban J connectivity index is 1.36. The zero-order valence-corrected chi connectivity index (χ0v) is 16.3. The second-order valence-electron chi connectivity index (χ2n) is 8.21. The molecule has 0 radical (unpaired) electrons. The summed E-state index contributed by atoms with van der Waals surface area (Å²) in [6.07, 6.45) is 1.07. The summed E-state index contributed by atoms with van der Waals surface area (Å²) >= 11 is 0. The van der Waals surface area contributed by atoms with E-state index in [1.807, 2.05) is 24.3 Å². The zero-order chi connectivity index (χ0) is 21.3. The van der Waals surface area contributed by atoms with Gasteiger partial charge in [0.1, 0.15) is 5.75 Å². The second-order valence-corrected chi connectivity index (χ2v) is 8.21. The summed E-state index contributed by atoms with van der Waals surface area (Å²) < 4.78 is 44.2. The predicted molar refractivity (Wildman–Crippen MR) is 103 cm³/mol. The molecule has 30 heavy (non-hydrogen) atoms. The summed E-state index contributed by atoms with van der Waals surface area (Å²) in [6, 6.07) is 7.33. The minimum atomic E-state index is -4.10. The zero-order valence-electron chi connectivity index (χ0n) is 16.3. The number of aromatic nitrogens is 2. The maximum absolute atomic E-state index is 12.8. The Morgan fingerprint density at radius 2 is 1.93 bits per heavy atom. The standard InChI is InChI=1S/C22H23F3N2O3/c23-22(24,25)15-6-4-13(5-7-15)12-30-16-8-14(10-26-11-16)19-2-1-3-20(27-19)17-9-18(17)21(28)29/h1-3,8,10-11,13,15,17-18H,4-7,9,12H2,(H,28,29). The summed E-state index contributed by atoms with van der Waals surface area (Å²) in [7, 11) is 0. The number of carboxylic acids is 1. The third kappa shape index (κ3) is 4.74. The normalized spacial score (nSPS) is 26.2. The van der Waals surface area contributed by atoms with E-state index in [-0.39, 0.29) is 30.6 Å². The van der Waals surface area contributed by atoms with Crippen LogP contribution in [0.4, 0.5) is 13.2 Å². The van der Waals surface area contributed by atoms with Crippen molar-refractivity contribution in [2.24, 2.45) is 17.8 Å². The maximum Gasteiger partial charge on any atom is 0.391 e. The topological polar surface area (TPSA) is 72.3 Å². The molecule has 0 aliphatic heterocycles. The summed E-state index contributed by atoms with van der Waals surface area (Å²) in [5.41, 5.74) is 2.20. The molecule has 2 saturated carbocycles. The number of rotatable bonds is 6. The van der Waals surface area contributed by atoms with Crippen molar-refractivity contribution in [3.05, 3.63) is 42.4 Å². The van der Waals surface area contributed by atoms with Gasteiger partial charge in [-0.05, 0) is 56.2 Å². The van der Waals surface area contributed by atoms with Crippen molar-refractivity contribution in [2.75, 3.05) is 6.61 Å². The average molecular weight is 420 g/mol. The van der Waals surface area contributed by atoms with E-state index in [1.54, 1.807) is 12.4 Å². The van der Waals surface area contributed by atoms with Gasteiger partial charge in [0.15, 0.2) is 0 Å². The molecule has 0 aromatic carbocycles. The van der Waals surface area contributed by atoms with E-state index in [4.69, 9.17) is 9.84 Å². The van der Waals surface area contributed by atoms with Gasteiger partial charge < -0.3 is 9.84 Å². The molecule has 2 fully saturated rings. The fraction of sp³-hybridized carbons (Fsp3) is 0.500. The van der Waals surface area contributed by atoms with Gasteiger partial charge in [-0.25, -0.2) is 0 Å². The largest absolute Gasteiger partial charge is 0.492 e. The number of hydrogen-bond acceptors (Lipinski definition) is 4. The number of hydrogen-bond donors (Lipinski definition) is 1. The van der Waals surface area contributed by atoms with E-state index in [2.05, 4.69) is 9.97 Å². The van der Waals surface area contributed by atoms with Crippen LogP contribution in [-0.4, -0.2) is 33.8 Å². The molecule has 2 aliphatic rings. The van der Waals surface area contributed by atoms with Crippen LogP contribution in [0.15, 0.2) is 36.7 Å². The van der Waals surface area contributed by atoms with E-state index in [9.17, 15) is 18.0 Å².